The zero-order valence-corrected chi connectivity index (χ0v) is 13.9. The minimum absolute atomic E-state index is 0.0432. The van der Waals surface area contributed by atoms with Gasteiger partial charge >= 0.3 is 0 Å². The molecule has 1 aromatic rings. The molecular formula is C18H27NO3. The highest BCUT2D eigenvalue weighted by Crippen LogP contribution is 2.28. The molecule has 2 rings (SSSR count). The predicted octanol–water partition coefficient (Wildman–Crippen LogP) is 2.49. The number of ether oxygens (including phenoxy) is 2. The summed E-state index contributed by atoms with van der Waals surface area (Å²) in [4.78, 5) is 12.3. The summed E-state index contributed by atoms with van der Waals surface area (Å²) in [6.45, 7) is 7.50. The fourth-order valence-electron chi connectivity index (χ4n) is 2.90. The SMILES string of the molecule is CCOCCO[C@H](C)C(=O)N[C@]1(C)CCc2ccccc2C1. The van der Waals surface area contributed by atoms with Crippen LogP contribution in [0.15, 0.2) is 24.3 Å². The summed E-state index contributed by atoms with van der Waals surface area (Å²) in [5.74, 6) is -0.0432. The first-order valence-corrected chi connectivity index (χ1v) is 8.12. The van der Waals surface area contributed by atoms with Crippen molar-refractivity contribution in [3.63, 3.8) is 0 Å². The van der Waals surface area contributed by atoms with E-state index in [4.69, 9.17) is 9.47 Å². The molecule has 0 heterocycles. The third kappa shape index (κ3) is 4.55. The van der Waals surface area contributed by atoms with Crippen LogP contribution in [0, 0.1) is 0 Å². The van der Waals surface area contributed by atoms with Gasteiger partial charge in [-0.3, -0.25) is 4.79 Å². The lowest BCUT2D eigenvalue weighted by Gasteiger charge is -2.36. The molecule has 4 nitrogen and oxygen atoms in total. The molecule has 0 saturated carbocycles. The topological polar surface area (TPSA) is 47.6 Å². The number of fused-ring (bicyclic) bond motifs is 1. The molecule has 0 saturated heterocycles. The van der Waals surface area contributed by atoms with Crippen molar-refractivity contribution < 1.29 is 14.3 Å². The molecule has 22 heavy (non-hydrogen) atoms. The highest BCUT2D eigenvalue weighted by molar-refractivity contribution is 5.81. The molecule has 122 valence electrons. The molecule has 1 aromatic carbocycles. The smallest absolute Gasteiger partial charge is 0.249 e. The van der Waals surface area contributed by atoms with Crippen molar-refractivity contribution in [2.24, 2.45) is 0 Å². The van der Waals surface area contributed by atoms with Gasteiger partial charge in [-0.15, -0.1) is 0 Å². The van der Waals surface area contributed by atoms with Crippen molar-refractivity contribution in [3.05, 3.63) is 35.4 Å². The lowest BCUT2D eigenvalue weighted by atomic mass is 9.79. The predicted molar refractivity (Wildman–Crippen MR) is 86.9 cm³/mol. The Kier molecular flexibility index (Phi) is 5.98. The van der Waals surface area contributed by atoms with Crippen LogP contribution >= 0.6 is 0 Å². The van der Waals surface area contributed by atoms with E-state index in [1.807, 2.05) is 6.92 Å². The van der Waals surface area contributed by atoms with Gasteiger partial charge in [-0.2, -0.15) is 0 Å². The number of amides is 1. The molecule has 0 radical (unpaired) electrons. The quantitative estimate of drug-likeness (QED) is 0.787. The first-order valence-electron chi connectivity index (χ1n) is 8.12. The van der Waals surface area contributed by atoms with Crippen molar-refractivity contribution in [1.29, 1.82) is 0 Å². The van der Waals surface area contributed by atoms with Crippen molar-refractivity contribution in [3.8, 4) is 0 Å². The van der Waals surface area contributed by atoms with Crippen molar-refractivity contribution in [1.82, 2.24) is 5.32 Å². The number of benzene rings is 1. The van der Waals surface area contributed by atoms with Gasteiger partial charge in [0.2, 0.25) is 5.91 Å². The zero-order chi connectivity index (χ0) is 16.0. The van der Waals surface area contributed by atoms with Crippen LogP contribution in [0.3, 0.4) is 0 Å². The molecule has 1 aliphatic carbocycles. The van der Waals surface area contributed by atoms with Gasteiger partial charge in [-0.25, -0.2) is 0 Å². The van der Waals surface area contributed by atoms with Gasteiger partial charge < -0.3 is 14.8 Å². The Hall–Kier alpha value is -1.39. The van der Waals surface area contributed by atoms with E-state index in [9.17, 15) is 4.79 Å². The highest BCUT2D eigenvalue weighted by atomic mass is 16.5. The molecule has 1 N–H and O–H groups in total. The maximum Gasteiger partial charge on any atom is 0.249 e. The van der Waals surface area contributed by atoms with Crippen LogP contribution in [-0.2, 0) is 27.1 Å². The normalized spacial score (nSPS) is 22.0. The Morgan fingerprint density at radius 2 is 2.05 bits per heavy atom. The average molecular weight is 305 g/mol. The molecule has 0 unspecified atom stereocenters. The van der Waals surface area contributed by atoms with Crippen LogP contribution in [0.1, 0.15) is 38.3 Å². The first-order chi connectivity index (χ1) is 10.5. The lowest BCUT2D eigenvalue weighted by Crippen LogP contribution is -2.52. The Morgan fingerprint density at radius 1 is 1.32 bits per heavy atom. The molecule has 0 bridgehead atoms. The van der Waals surface area contributed by atoms with Crippen LogP contribution in [0.2, 0.25) is 0 Å². The molecule has 2 atom stereocenters. The maximum absolute atomic E-state index is 12.3. The number of hydrogen-bond donors (Lipinski definition) is 1. The summed E-state index contributed by atoms with van der Waals surface area (Å²) in [6.07, 6.45) is 2.39. The van der Waals surface area contributed by atoms with Crippen LogP contribution in [0.4, 0.5) is 0 Å². The Balaban J connectivity index is 1.86. The second kappa shape index (κ2) is 7.75. The third-order valence-corrected chi connectivity index (χ3v) is 4.24. The summed E-state index contributed by atoms with van der Waals surface area (Å²) < 4.78 is 10.7. The van der Waals surface area contributed by atoms with Crippen LogP contribution in [-0.4, -0.2) is 37.4 Å². The second-order valence-electron chi connectivity index (χ2n) is 6.21. The van der Waals surface area contributed by atoms with E-state index in [1.54, 1.807) is 6.92 Å². The van der Waals surface area contributed by atoms with E-state index in [1.165, 1.54) is 11.1 Å². The largest absolute Gasteiger partial charge is 0.379 e. The average Bonchev–Trinajstić information content (AvgIpc) is 2.50. The molecule has 4 heteroatoms. The third-order valence-electron chi connectivity index (χ3n) is 4.24. The fraction of sp³-hybridized carbons (Fsp3) is 0.611. The molecular weight excluding hydrogens is 278 g/mol. The minimum atomic E-state index is -0.450. The van der Waals surface area contributed by atoms with Crippen molar-refractivity contribution in [2.75, 3.05) is 19.8 Å². The molecule has 1 aliphatic rings. The van der Waals surface area contributed by atoms with Gasteiger partial charge in [0.25, 0.3) is 0 Å². The first kappa shape index (κ1) is 17.0. The summed E-state index contributed by atoms with van der Waals surface area (Å²) >= 11 is 0. The maximum atomic E-state index is 12.3. The Labute approximate surface area is 133 Å². The number of aryl methyl sites for hydroxylation is 1. The summed E-state index contributed by atoms with van der Waals surface area (Å²) in [6, 6.07) is 8.47. The van der Waals surface area contributed by atoms with E-state index in [-0.39, 0.29) is 11.4 Å². The molecule has 0 spiro atoms. The summed E-state index contributed by atoms with van der Waals surface area (Å²) in [7, 11) is 0. The Bertz CT molecular complexity index is 503. The van der Waals surface area contributed by atoms with Crippen LogP contribution < -0.4 is 5.32 Å². The minimum Gasteiger partial charge on any atom is -0.379 e. The lowest BCUT2D eigenvalue weighted by molar-refractivity contribution is -0.134. The second-order valence-corrected chi connectivity index (χ2v) is 6.21. The number of nitrogens with one attached hydrogen (secondary N) is 1. The van der Waals surface area contributed by atoms with Crippen LogP contribution in [0.5, 0.6) is 0 Å². The van der Waals surface area contributed by atoms with E-state index in [0.29, 0.717) is 19.8 Å². The number of carbonyl (C=O) groups is 1. The number of carbonyl (C=O) groups excluding carboxylic acids is 1. The van der Waals surface area contributed by atoms with E-state index in [2.05, 4.69) is 36.5 Å². The van der Waals surface area contributed by atoms with Crippen molar-refractivity contribution in [2.45, 2.75) is 51.7 Å². The number of hydrogen-bond acceptors (Lipinski definition) is 3. The van der Waals surface area contributed by atoms with Gasteiger partial charge in [0, 0.05) is 12.1 Å². The molecule has 0 aromatic heterocycles. The van der Waals surface area contributed by atoms with Gasteiger partial charge in [0.05, 0.1) is 13.2 Å². The zero-order valence-electron chi connectivity index (χ0n) is 13.9. The molecule has 0 aliphatic heterocycles. The summed E-state index contributed by atoms with van der Waals surface area (Å²) in [5.41, 5.74) is 2.54. The Morgan fingerprint density at radius 3 is 2.77 bits per heavy atom. The van der Waals surface area contributed by atoms with Gasteiger partial charge in [0.1, 0.15) is 6.10 Å². The molecule has 0 fully saturated rings. The molecule has 1 amide bonds. The van der Waals surface area contributed by atoms with Gasteiger partial charge in [-0.1, -0.05) is 24.3 Å². The monoisotopic (exact) mass is 305 g/mol. The van der Waals surface area contributed by atoms with Gasteiger partial charge in [-0.05, 0) is 51.2 Å². The van der Waals surface area contributed by atoms with E-state index >= 15 is 0 Å². The number of rotatable bonds is 7. The fourth-order valence-corrected chi connectivity index (χ4v) is 2.90. The van der Waals surface area contributed by atoms with Crippen molar-refractivity contribution >= 4 is 5.91 Å². The van der Waals surface area contributed by atoms with E-state index < -0.39 is 6.10 Å². The van der Waals surface area contributed by atoms with Crippen LogP contribution in [0.25, 0.3) is 0 Å². The standard InChI is InChI=1S/C18H27NO3/c1-4-21-11-12-22-14(2)17(20)19-18(3)10-9-15-7-5-6-8-16(15)13-18/h5-8,14H,4,9-13H2,1-3H3,(H,19,20)/t14-,18-/m1/s1. The van der Waals surface area contributed by atoms with Gasteiger partial charge in [0.15, 0.2) is 0 Å². The highest BCUT2D eigenvalue weighted by Gasteiger charge is 2.32. The summed E-state index contributed by atoms with van der Waals surface area (Å²) in [5, 5.41) is 3.17. The van der Waals surface area contributed by atoms with E-state index in [0.717, 1.165) is 19.3 Å².